The third-order valence-corrected chi connectivity index (χ3v) is 1.79. The second-order valence-electron chi connectivity index (χ2n) is 3.05. The number of nitrogens with zero attached hydrogens (tertiary/aromatic N) is 3. The highest BCUT2D eigenvalue weighted by molar-refractivity contribution is 5.37. The van der Waals surface area contributed by atoms with Crippen molar-refractivity contribution in [2.45, 2.75) is 6.92 Å². The highest BCUT2D eigenvalue weighted by Crippen LogP contribution is 1.95. The van der Waals surface area contributed by atoms with Crippen molar-refractivity contribution >= 4 is 0 Å². The SMILES string of the molecule is Cc1ccc(C#Cc2cccnc2)nn1. The first-order valence-electron chi connectivity index (χ1n) is 4.57. The van der Waals surface area contributed by atoms with Crippen LogP contribution in [0.5, 0.6) is 0 Å². The summed E-state index contributed by atoms with van der Waals surface area (Å²) >= 11 is 0. The van der Waals surface area contributed by atoms with E-state index in [0.29, 0.717) is 5.69 Å². The topological polar surface area (TPSA) is 38.7 Å². The van der Waals surface area contributed by atoms with Crippen LogP contribution in [-0.2, 0) is 0 Å². The molecule has 2 rings (SSSR count). The maximum absolute atomic E-state index is 3.97. The second kappa shape index (κ2) is 4.34. The molecule has 2 aromatic rings. The second-order valence-corrected chi connectivity index (χ2v) is 3.05. The normalized spacial score (nSPS) is 9.13. The van der Waals surface area contributed by atoms with E-state index >= 15 is 0 Å². The fourth-order valence-corrected chi connectivity index (χ4v) is 1.04. The van der Waals surface area contributed by atoms with Crippen LogP contribution in [-0.4, -0.2) is 15.2 Å². The quantitative estimate of drug-likeness (QED) is 0.599. The molecule has 0 unspecified atom stereocenters. The van der Waals surface area contributed by atoms with Gasteiger partial charge in [0.2, 0.25) is 0 Å². The maximum atomic E-state index is 3.97. The number of aromatic nitrogens is 3. The Kier molecular flexibility index (Phi) is 2.70. The van der Waals surface area contributed by atoms with Gasteiger partial charge in [-0.2, -0.15) is 5.10 Å². The minimum absolute atomic E-state index is 0.671. The van der Waals surface area contributed by atoms with Gasteiger partial charge >= 0.3 is 0 Å². The summed E-state index contributed by atoms with van der Waals surface area (Å²) in [6, 6.07) is 7.50. The molecule has 0 aliphatic rings. The fourth-order valence-electron chi connectivity index (χ4n) is 1.04. The van der Waals surface area contributed by atoms with Crippen molar-refractivity contribution < 1.29 is 0 Å². The minimum atomic E-state index is 0.671. The summed E-state index contributed by atoms with van der Waals surface area (Å²) in [5.74, 6) is 5.89. The largest absolute Gasteiger partial charge is 0.263 e. The molecule has 0 aromatic carbocycles. The summed E-state index contributed by atoms with van der Waals surface area (Å²) in [7, 11) is 0. The van der Waals surface area contributed by atoms with E-state index in [1.807, 2.05) is 31.2 Å². The van der Waals surface area contributed by atoms with E-state index in [1.54, 1.807) is 12.4 Å². The Morgan fingerprint density at radius 3 is 2.67 bits per heavy atom. The summed E-state index contributed by atoms with van der Waals surface area (Å²) in [4.78, 5) is 3.97. The maximum Gasteiger partial charge on any atom is 0.136 e. The Bertz CT molecular complexity index is 492. The molecular weight excluding hydrogens is 186 g/mol. The monoisotopic (exact) mass is 195 g/mol. The van der Waals surface area contributed by atoms with Gasteiger partial charge in [-0.05, 0) is 37.1 Å². The predicted octanol–water partition coefficient (Wildman–Crippen LogP) is 1.58. The van der Waals surface area contributed by atoms with Gasteiger partial charge in [-0.15, -0.1) is 5.10 Å². The zero-order valence-electron chi connectivity index (χ0n) is 8.31. The van der Waals surface area contributed by atoms with Crippen LogP contribution >= 0.6 is 0 Å². The standard InChI is InChI=1S/C12H9N3/c1-10-4-6-12(15-14-10)7-5-11-3-2-8-13-9-11/h2-4,6,8-9H,1H3. The molecule has 0 N–H and O–H groups in total. The molecule has 0 aliphatic carbocycles. The van der Waals surface area contributed by atoms with E-state index in [4.69, 9.17) is 0 Å². The van der Waals surface area contributed by atoms with Crippen LogP contribution in [0.3, 0.4) is 0 Å². The lowest BCUT2D eigenvalue weighted by Crippen LogP contribution is -1.88. The molecule has 72 valence electrons. The summed E-state index contributed by atoms with van der Waals surface area (Å²) in [5, 5.41) is 7.87. The Morgan fingerprint density at radius 1 is 1.07 bits per heavy atom. The van der Waals surface area contributed by atoms with Gasteiger partial charge in [0, 0.05) is 18.0 Å². The highest BCUT2D eigenvalue weighted by Gasteiger charge is 1.89. The molecule has 3 heteroatoms. The Hall–Kier alpha value is -2.21. The van der Waals surface area contributed by atoms with Crippen LogP contribution in [0.4, 0.5) is 0 Å². The van der Waals surface area contributed by atoms with Crippen molar-refractivity contribution in [2.24, 2.45) is 0 Å². The summed E-state index contributed by atoms with van der Waals surface area (Å²) in [5.41, 5.74) is 2.44. The van der Waals surface area contributed by atoms with Crippen LogP contribution in [0.25, 0.3) is 0 Å². The molecular formula is C12H9N3. The van der Waals surface area contributed by atoms with Crippen molar-refractivity contribution in [3.63, 3.8) is 0 Å². The Labute approximate surface area is 88.2 Å². The van der Waals surface area contributed by atoms with Crippen molar-refractivity contribution in [2.75, 3.05) is 0 Å². The van der Waals surface area contributed by atoms with E-state index < -0.39 is 0 Å². The first kappa shape index (κ1) is 9.35. The number of pyridine rings is 1. The van der Waals surface area contributed by atoms with Crippen molar-refractivity contribution in [1.29, 1.82) is 0 Å². The lowest BCUT2D eigenvalue weighted by molar-refractivity contribution is 0.967. The van der Waals surface area contributed by atoms with Gasteiger partial charge in [-0.3, -0.25) is 4.98 Å². The summed E-state index contributed by atoms with van der Waals surface area (Å²) in [6.07, 6.45) is 3.44. The molecule has 0 saturated heterocycles. The number of hydrogen-bond acceptors (Lipinski definition) is 3. The van der Waals surface area contributed by atoms with Crippen LogP contribution < -0.4 is 0 Å². The first-order chi connectivity index (χ1) is 7.34. The third-order valence-electron chi connectivity index (χ3n) is 1.79. The van der Waals surface area contributed by atoms with E-state index in [0.717, 1.165) is 11.3 Å². The number of hydrogen-bond donors (Lipinski definition) is 0. The summed E-state index contributed by atoms with van der Waals surface area (Å²) in [6.45, 7) is 1.89. The van der Waals surface area contributed by atoms with Crippen molar-refractivity contribution in [3.8, 4) is 11.8 Å². The van der Waals surface area contributed by atoms with Crippen LogP contribution in [0.15, 0.2) is 36.7 Å². The Balaban J connectivity index is 2.22. The number of aryl methyl sites for hydroxylation is 1. The zero-order valence-corrected chi connectivity index (χ0v) is 8.31. The molecule has 0 spiro atoms. The zero-order chi connectivity index (χ0) is 10.5. The third kappa shape index (κ3) is 2.61. The molecule has 0 saturated carbocycles. The molecule has 2 aromatic heterocycles. The van der Waals surface area contributed by atoms with E-state index in [-0.39, 0.29) is 0 Å². The van der Waals surface area contributed by atoms with Crippen LogP contribution in [0.1, 0.15) is 17.0 Å². The molecule has 0 aliphatic heterocycles. The molecule has 15 heavy (non-hydrogen) atoms. The summed E-state index contributed by atoms with van der Waals surface area (Å²) < 4.78 is 0. The molecule has 0 atom stereocenters. The van der Waals surface area contributed by atoms with Gasteiger partial charge in [0.05, 0.1) is 5.69 Å². The average molecular weight is 195 g/mol. The Morgan fingerprint density at radius 2 is 2.00 bits per heavy atom. The van der Waals surface area contributed by atoms with Crippen LogP contribution in [0, 0.1) is 18.8 Å². The van der Waals surface area contributed by atoms with Gasteiger partial charge in [-0.25, -0.2) is 0 Å². The molecule has 0 amide bonds. The van der Waals surface area contributed by atoms with Gasteiger partial charge in [0.15, 0.2) is 0 Å². The lowest BCUT2D eigenvalue weighted by atomic mass is 10.2. The van der Waals surface area contributed by atoms with Gasteiger partial charge < -0.3 is 0 Å². The predicted molar refractivity (Wildman–Crippen MR) is 57.0 cm³/mol. The lowest BCUT2D eigenvalue weighted by Gasteiger charge is -1.89. The first-order valence-corrected chi connectivity index (χ1v) is 4.57. The van der Waals surface area contributed by atoms with Gasteiger partial charge in [0.25, 0.3) is 0 Å². The molecule has 3 nitrogen and oxygen atoms in total. The van der Waals surface area contributed by atoms with E-state index in [1.165, 1.54) is 0 Å². The van der Waals surface area contributed by atoms with Gasteiger partial charge in [-0.1, -0.05) is 5.92 Å². The molecule has 0 radical (unpaired) electrons. The smallest absolute Gasteiger partial charge is 0.136 e. The highest BCUT2D eigenvalue weighted by atomic mass is 15.1. The minimum Gasteiger partial charge on any atom is -0.263 e. The van der Waals surface area contributed by atoms with E-state index in [2.05, 4.69) is 27.0 Å². The number of rotatable bonds is 0. The van der Waals surface area contributed by atoms with Gasteiger partial charge in [0.1, 0.15) is 5.69 Å². The van der Waals surface area contributed by atoms with Crippen LogP contribution in [0.2, 0.25) is 0 Å². The molecule has 0 fully saturated rings. The fraction of sp³-hybridized carbons (Fsp3) is 0.0833. The van der Waals surface area contributed by atoms with Crippen molar-refractivity contribution in [3.05, 3.63) is 53.6 Å². The molecule has 0 bridgehead atoms. The molecule has 2 heterocycles. The van der Waals surface area contributed by atoms with Crippen molar-refractivity contribution in [1.82, 2.24) is 15.2 Å². The van der Waals surface area contributed by atoms with E-state index in [9.17, 15) is 0 Å². The average Bonchev–Trinajstić information content (AvgIpc) is 2.30.